The first-order valence-corrected chi connectivity index (χ1v) is 14.0. The van der Waals surface area contributed by atoms with Gasteiger partial charge in [0.05, 0.1) is 32.9 Å². The van der Waals surface area contributed by atoms with Gasteiger partial charge in [-0.3, -0.25) is 9.36 Å². The number of esters is 1. The Morgan fingerprint density at radius 1 is 1.07 bits per heavy atom. The maximum absolute atomic E-state index is 13.9. The lowest BCUT2D eigenvalue weighted by atomic mass is 9.93. The van der Waals surface area contributed by atoms with Gasteiger partial charge in [0.1, 0.15) is 5.75 Å². The molecule has 5 rings (SSSR count). The molecule has 1 aliphatic heterocycles. The van der Waals surface area contributed by atoms with Gasteiger partial charge in [0.2, 0.25) is 0 Å². The molecule has 1 aliphatic rings. The van der Waals surface area contributed by atoms with Crippen molar-refractivity contribution in [2.24, 2.45) is 4.99 Å². The van der Waals surface area contributed by atoms with Crippen LogP contribution < -0.4 is 19.6 Å². The van der Waals surface area contributed by atoms with Crippen LogP contribution in [0.5, 0.6) is 5.75 Å². The van der Waals surface area contributed by atoms with Crippen LogP contribution >= 0.6 is 27.3 Å². The minimum Gasteiger partial charge on any atom is -0.481 e. The number of halogens is 1. The predicted molar refractivity (Wildman–Crippen MR) is 155 cm³/mol. The fourth-order valence-electron chi connectivity index (χ4n) is 4.41. The maximum Gasteiger partial charge on any atom is 0.341 e. The molecule has 0 radical (unpaired) electrons. The smallest absolute Gasteiger partial charge is 0.341 e. The number of benzene rings is 3. The third kappa shape index (κ3) is 5.54. The van der Waals surface area contributed by atoms with Crippen LogP contribution in [0.25, 0.3) is 11.8 Å². The van der Waals surface area contributed by atoms with E-state index in [0.717, 1.165) is 11.1 Å². The van der Waals surface area contributed by atoms with Crippen LogP contribution in [-0.4, -0.2) is 34.8 Å². The van der Waals surface area contributed by atoms with Gasteiger partial charge >= 0.3 is 11.9 Å². The quantitative estimate of drug-likeness (QED) is 0.297. The predicted octanol–water partition coefficient (Wildman–Crippen LogP) is 4.16. The molecule has 0 fully saturated rings. The van der Waals surface area contributed by atoms with Gasteiger partial charge in [-0.2, -0.15) is 0 Å². The number of carboxylic acid groups (broad SMARTS) is 1. The molecule has 1 atom stereocenters. The van der Waals surface area contributed by atoms with E-state index in [0.29, 0.717) is 36.4 Å². The Morgan fingerprint density at radius 3 is 2.42 bits per heavy atom. The molecule has 3 aromatic carbocycles. The van der Waals surface area contributed by atoms with E-state index in [1.54, 1.807) is 35.8 Å². The summed E-state index contributed by atoms with van der Waals surface area (Å²) < 4.78 is 13.3. The highest BCUT2D eigenvalue weighted by atomic mass is 79.9. The van der Waals surface area contributed by atoms with E-state index in [9.17, 15) is 14.4 Å². The number of hydrogen-bond donors (Lipinski definition) is 1. The number of hydrogen-bond acceptors (Lipinski definition) is 7. The van der Waals surface area contributed by atoms with Crippen LogP contribution in [0.1, 0.15) is 29.7 Å². The largest absolute Gasteiger partial charge is 0.481 e. The summed E-state index contributed by atoms with van der Waals surface area (Å²) in [5.41, 5.74) is 2.65. The van der Waals surface area contributed by atoms with Gasteiger partial charge < -0.3 is 14.6 Å². The number of aliphatic carboxylic acids is 1. The molecule has 0 saturated carbocycles. The van der Waals surface area contributed by atoms with E-state index in [-0.39, 0.29) is 12.2 Å². The SMILES string of the molecule is CCOC(=O)C1=C(c2ccccc2)N=c2s/c(=C/c3ccc(OCC(=O)O)c(Br)c3)c(=O)n2[C@@H]1c1ccccc1. The molecular weight excluding hydrogens is 596 g/mol. The summed E-state index contributed by atoms with van der Waals surface area (Å²) in [6.45, 7) is 1.45. The second-order valence-electron chi connectivity index (χ2n) is 8.71. The Morgan fingerprint density at radius 2 is 1.77 bits per heavy atom. The summed E-state index contributed by atoms with van der Waals surface area (Å²) >= 11 is 4.63. The summed E-state index contributed by atoms with van der Waals surface area (Å²) in [5, 5.41) is 8.88. The van der Waals surface area contributed by atoms with E-state index in [1.807, 2.05) is 60.7 Å². The van der Waals surface area contributed by atoms with Gasteiger partial charge in [-0.15, -0.1) is 0 Å². The zero-order valence-electron chi connectivity index (χ0n) is 21.2. The molecule has 0 bridgehead atoms. The Kier molecular flexibility index (Phi) is 8.09. The summed E-state index contributed by atoms with van der Waals surface area (Å²) in [5.74, 6) is -1.24. The fraction of sp³-hybridized carbons (Fsp3) is 0.133. The van der Waals surface area contributed by atoms with Crippen LogP contribution in [0.4, 0.5) is 0 Å². The molecule has 0 unspecified atom stereocenters. The number of carbonyl (C=O) groups excluding carboxylic acids is 1. The number of ether oxygens (including phenoxy) is 2. The van der Waals surface area contributed by atoms with Crippen molar-refractivity contribution >= 4 is 51.0 Å². The fourth-order valence-corrected chi connectivity index (χ4v) is 5.92. The van der Waals surface area contributed by atoms with Gasteiger partial charge in [0, 0.05) is 5.56 Å². The first kappa shape index (κ1) is 27.3. The monoisotopic (exact) mass is 618 g/mol. The minimum atomic E-state index is -1.08. The zero-order chi connectivity index (χ0) is 28.2. The number of nitrogens with zero attached hydrogens (tertiary/aromatic N) is 2. The number of fused-ring (bicyclic) bond motifs is 1. The Hall–Kier alpha value is -4.28. The molecule has 202 valence electrons. The average molecular weight is 619 g/mol. The highest BCUT2D eigenvalue weighted by molar-refractivity contribution is 9.10. The molecule has 1 aromatic heterocycles. The molecule has 4 aromatic rings. The highest BCUT2D eigenvalue weighted by Crippen LogP contribution is 2.35. The summed E-state index contributed by atoms with van der Waals surface area (Å²) in [4.78, 5) is 43.5. The molecule has 0 amide bonds. The van der Waals surface area contributed by atoms with Crippen LogP contribution in [0.3, 0.4) is 0 Å². The van der Waals surface area contributed by atoms with Crippen LogP contribution in [0.15, 0.2) is 98.7 Å². The minimum absolute atomic E-state index is 0.178. The number of carboxylic acids is 1. The van der Waals surface area contributed by atoms with Gasteiger partial charge in [-0.1, -0.05) is 78.1 Å². The van der Waals surface area contributed by atoms with Gasteiger partial charge in [0.15, 0.2) is 11.4 Å². The standard InChI is InChI=1S/C30H23BrN2O6S/c1-2-38-29(37)25-26(19-9-5-3-6-10-19)32-30-33(27(25)20-11-7-4-8-12-20)28(36)23(40-30)16-18-13-14-22(21(31)15-18)39-17-24(34)35/h3-16,27H,2,17H2,1H3,(H,34,35)/b23-16+/t27-/m1/s1. The van der Waals surface area contributed by atoms with E-state index >= 15 is 0 Å². The van der Waals surface area contributed by atoms with E-state index < -0.39 is 24.6 Å². The first-order valence-electron chi connectivity index (χ1n) is 12.3. The van der Waals surface area contributed by atoms with Crippen molar-refractivity contribution in [3.63, 3.8) is 0 Å². The Balaban J connectivity index is 1.71. The second kappa shape index (κ2) is 11.8. The molecule has 40 heavy (non-hydrogen) atoms. The molecule has 0 aliphatic carbocycles. The third-order valence-corrected chi connectivity index (χ3v) is 7.70. The second-order valence-corrected chi connectivity index (χ2v) is 10.6. The Labute approximate surface area is 241 Å². The molecule has 10 heteroatoms. The van der Waals surface area contributed by atoms with E-state index in [1.165, 1.54) is 11.3 Å². The summed E-state index contributed by atoms with van der Waals surface area (Å²) in [6, 6.07) is 23.1. The Bertz CT molecular complexity index is 1800. The van der Waals surface area contributed by atoms with E-state index in [4.69, 9.17) is 19.6 Å². The zero-order valence-corrected chi connectivity index (χ0v) is 23.6. The molecule has 2 heterocycles. The van der Waals surface area contributed by atoms with Gasteiger partial charge in [-0.25, -0.2) is 14.6 Å². The lowest BCUT2D eigenvalue weighted by molar-refractivity contribution is -0.140. The van der Waals surface area contributed by atoms with Crippen molar-refractivity contribution in [1.29, 1.82) is 0 Å². The highest BCUT2D eigenvalue weighted by Gasteiger charge is 2.35. The third-order valence-electron chi connectivity index (χ3n) is 6.09. The lowest BCUT2D eigenvalue weighted by Crippen LogP contribution is -2.39. The van der Waals surface area contributed by atoms with Crippen molar-refractivity contribution < 1.29 is 24.2 Å². The molecular formula is C30H23BrN2O6S. The van der Waals surface area contributed by atoms with Crippen LogP contribution in [0.2, 0.25) is 0 Å². The molecule has 1 N–H and O–H groups in total. The number of rotatable bonds is 8. The number of aromatic nitrogens is 1. The van der Waals surface area contributed by atoms with E-state index in [2.05, 4.69) is 15.9 Å². The number of carbonyl (C=O) groups is 2. The summed E-state index contributed by atoms with van der Waals surface area (Å²) in [6.07, 6.45) is 1.73. The van der Waals surface area contributed by atoms with Gasteiger partial charge in [0.25, 0.3) is 5.56 Å². The van der Waals surface area contributed by atoms with Crippen molar-refractivity contribution in [1.82, 2.24) is 4.57 Å². The molecule has 0 saturated heterocycles. The maximum atomic E-state index is 13.9. The van der Waals surface area contributed by atoms with Gasteiger partial charge in [-0.05, 0) is 52.2 Å². The van der Waals surface area contributed by atoms with Crippen molar-refractivity contribution in [3.05, 3.63) is 125 Å². The molecule has 8 nitrogen and oxygen atoms in total. The van der Waals surface area contributed by atoms with Crippen LogP contribution in [-0.2, 0) is 14.3 Å². The number of thiazole rings is 1. The molecule has 0 spiro atoms. The summed E-state index contributed by atoms with van der Waals surface area (Å²) in [7, 11) is 0. The topological polar surface area (TPSA) is 107 Å². The lowest BCUT2D eigenvalue weighted by Gasteiger charge is -2.25. The van der Waals surface area contributed by atoms with Crippen molar-refractivity contribution in [2.75, 3.05) is 13.2 Å². The van der Waals surface area contributed by atoms with Crippen molar-refractivity contribution in [2.45, 2.75) is 13.0 Å². The normalized spacial score (nSPS) is 14.8. The average Bonchev–Trinajstić information content (AvgIpc) is 3.26. The van der Waals surface area contributed by atoms with Crippen molar-refractivity contribution in [3.8, 4) is 5.75 Å². The first-order chi connectivity index (χ1) is 19.4. The van der Waals surface area contributed by atoms with Crippen LogP contribution in [0, 0.1) is 0 Å².